The van der Waals surface area contributed by atoms with Crippen LogP contribution >= 0.6 is 11.3 Å². The second-order valence-electron chi connectivity index (χ2n) is 5.89. The lowest BCUT2D eigenvalue weighted by molar-refractivity contribution is 0.947. The molecule has 26 heavy (non-hydrogen) atoms. The zero-order valence-electron chi connectivity index (χ0n) is 14.4. The fourth-order valence-electron chi connectivity index (χ4n) is 2.81. The molecule has 0 atom stereocenters. The average molecular weight is 360 g/mol. The molecule has 0 radical (unpaired) electrons. The van der Waals surface area contributed by atoms with Gasteiger partial charge in [-0.2, -0.15) is 5.26 Å². The monoisotopic (exact) mass is 360 g/mol. The molecule has 0 saturated heterocycles. The standard InChI is InChI=1S/C19H16N6S/c1-3-12-6-14(18-5-4-13(8-20)26-18)21-9-15(12)24-19-7-17-16(10-22-19)23-11-25(17)2/h4-7,9-11H,3H2,1-2H3,(H,22,24). The maximum absolute atomic E-state index is 9.00. The van der Waals surface area contributed by atoms with Crippen LogP contribution < -0.4 is 5.32 Å². The largest absolute Gasteiger partial charge is 0.339 e. The van der Waals surface area contributed by atoms with Crippen molar-refractivity contribution in [1.82, 2.24) is 19.5 Å². The van der Waals surface area contributed by atoms with E-state index in [-0.39, 0.29) is 0 Å². The van der Waals surface area contributed by atoms with Crippen molar-refractivity contribution >= 4 is 33.9 Å². The number of rotatable bonds is 4. The first-order chi connectivity index (χ1) is 12.7. The molecule has 0 aromatic carbocycles. The van der Waals surface area contributed by atoms with Crippen LogP contribution in [-0.2, 0) is 13.5 Å². The second kappa shape index (κ2) is 6.58. The van der Waals surface area contributed by atoms with E-state index in [1.807, 2.05) is 36.0 Å². The summed E-state index contributed by atoms with van der Waals surface area (Å²) in [5, 5.41) is 12.4. The summed E-state index contributed by atoms with van der Waals surface area (Å²) in [4.78, 5) is 15.0. The Bertz CT molecular complexity index is 1130. The summed E-state index contributed by atoms with van der Waals surface area (Å²) in [6, 6.07) is 9.98. The van der Waals surface area contributed by atoms with Gasteiger partial charge in [0.1, 0.15) is 22.3 Å². The number of nitriles is 1. The highest BCUT2D eigenvalue weighted by Crippen LogP contribution is 2.30. The Morgan fingerprint density at radius 2 is 2.08 bits per heavy atom. The van der Waals surface area contributed by atoms with E-state index in [4.69, 9.17) is 5.26 Å². The first-order valence-electron chi connectivity index (χ1n) is 8.21. The van der Waals surface area contributed by atoms with E-state index >= 15 is 0 Å². The molecular formula is C19H16N6S. The smallest absolute Gasteiger partial charge is 0.132 e. The summed E-state index contributed by atoms with van der Waals surface area (Å²) in [6.45, 7) is 2.11. The van der Waals surface area contributed by atoms with Crippen molar-refractivity contribution in [3.63, 3.8) is 0 Å². The first kappa shape index (κ1) is 16.2. The maximum atomic E-state index is 9.00. The van der Waals surface area contributed by atoms with Crippen molar-refractivity contribution in [2.24, 2.45) is 7.05 Å². The van der Waals surface area contributed by atoms with Gasteiger partial charge in [-0.15, -0.1) is 11.3 Å². The first-order valence-corrected chi connectivity index (χ1v) is 9.03. The molecule has 0 saturated carbocycles. The highest BCUT2D eigenvalue weighted by atomic mass is 32.1. The molecule has 4 heterocycles. The van der Waals surface area contributed by atoms with Gasteiger partial charge in [0, 0.05) is 13.1 Å². The van der Waals surface area contributed by atoms with E-state index in [1.54, 1.807) is 12.5 Å². The lowest BCUT2D eigenvalue weighted by atomic mass is 10.1. The van der Waals surface area contributed by atoms with Crippen LogP contribution in [0.5, 0.6) is 0 Å². The van der Waals surface area contributed by atoms with Crippen LogP contribution in [-0.4, -0.2) is 19.5 Å². The van der Waals surface area contributed by atoms with Crippen molar-refractivity contribution in [1.29, 1.82) is 5.26 Å². The number of pyridine rings is 2. The third-order valence-corrected chi connectivity index (χ3v) is 5.23. The minimum atomic E-state index is 0.690. The van der Waals surface area contributed by atoms with E-state index < -0.39 is 0 Å². The number of anilines is 2. The Hall–Kier alpha value is -3.24. The number of imidazole rings is 1. The van der Waals surface area contributed by atoms with E-state index in [1.165, 1.54) is 11.3 Å². The third-order valence-electron chi connectivity index (χ3n) is 4.21. The van der Waals surface area contributed by atoms with E-state index in [0.29, 0.717) is 4.88 Å². The number of nitrogens with zero attached hydrogens (tertiary/aromatic N) is 5. The highest BCUT2D eigenvalue weighted by molar-refractivity contribution is 7.15. The van der Waals surface area contributed by atoms with Gasteiger partial charge < -0.3 is 9.88 Å². The van der Waals surface area contributed by atoms with Gasteiger partial charge in [-0.1, -0.05) is 6.92 Å². The van der Waals surface area contributed by atoms with Gasteiger partial charge in [-0.3, -0.25) is 4.98 Å². The predicted molar refractivity (Wildman–Crippen MR) is 103 cm³/mol. The number of aryl methyl sites for hydroxylation is 2. The third kappa shape index (κ3) is 2.91. The van der Waals surface area contributed by atoms with Gasteiger partial charge in [0.15, 0.2) is 0 Å². The summed E-state index contributed by atoms with van der Waals surface area (Å²) >= 11 is 1.45. The fraction of sp³-hybridized carbons (Fsp3) is 0.158. The fourth-order valence-corrected chi connectivity index (χ4v) is 3.58. The summed E-state index contributed by atoms with van der Waals surface area (Å²) in [7, 11) is 1.96. The van der Waals surface area contributed by atoms with Gasteiger partial charge in [-0.05, 0) is 30.2 Å². The van der Waals surface area contributed by atoms with Gasteiger partial charge in [0.2, 0.25) is 0 Å². The van der Waals surface area contributed by atoms with Crippen molar-refractivity contribution < 1.29 is 0 Å². The van der Waals surface area contributed by atoms with Crippen molar-refractivity contribution in [2.75, 3.05) is 5.32 Å². The van der Waals surface area contributed by atoms with Gasteiger partial charge in [0.25, 0.3) is 0 Å². The average Bonchev–Trinajstić information content (AvgIpc) is 3.29. The molecule has 0 aliphatic rings. The molecule has 0 fully saturated rings. The van der Waals surface area contributed by atoms with Gasteiger partial charge >= 0.3 is 0 Å². The lowest BCUT2D eigenvalue weighted by Crippen LogP contribution is -1.99. The molecule has 1 N–H and O–H groups in total. The van der Waals surface area contributed by atoms with Gasteiger partial charge in [0.05, 0.1) is 40.5 Å². The van der Waals surface area contributed by atoms with E-state index in [9.17, 15) is 0 Å². The Morgan fingerprint density at radius 3 is 2.85 bits per heavy atom. The molecule has 4 aromatic heterocycles. The normalized spacial score (nSPS) is 10.8. The minimum absolute atomic E-state index is 0.690. The zero-order valence-corrected chi connectivity index (χ0v) is 15.2. The van der Waals surface area contributed by atoms with E-state index in [0.717, 1.165) is 45.1 Å². The summed E-state index contributed by atoms with van der Waals surface area (Å²) in [6.07, 6.45) is 6.23. The molecule has 4 aromatic rings. The summed E-state index contributed by atoms with van der Waals surface area (Å²) in [5.41, 5.74) is 4.85. The SMILES string of the molecule is CCc1cc(-c2ccc(C#N)s2)ncc1Nc1cc2c(cn1)ncn2C. The van der Waals surface area contributed by atoms with Crippen LogP contribution in [0.25, 0.3) is 21.6 Å². The topological polar surface area (TPSA) is 79.4 Å². The van der Waals surface area contributed by atoms with Crippen molar-refractivity contribution in [2.45, 2.75) is 13.3 Å². The minimum Gasteiger partial charge on any atom is -0.339 e. The number of hydrogen-bond donors (Lipinski definition) is 1. The highest BCUT2D eigenvalue weighted by Gasteiger charge is 2.10. The quantitative estimate of drug-likeness (QED) is 0.588. The van der Waals surface area contributed by atoms with Gasteiger partial charge in [-0.25, -0.2) is 9.97 Å². The molecule has 0 amide bonds. The molecule has 0 bridgehead atoms. The summed E-state index contributed by atoms with van der Waals surface area (Å²) < 4.78 is 1.97. The van der Waals surface area contributed by atoms with Crippen LogP contribution in [0.4, 0.5) is 11.5 Å². The molecular weight excluding hydrogens is 344 g/mol. The number of fused-ring (bicyclic) bond motifs is 1. The lowest BCUT2D eigenvalue weighted by Gasteiger charge is -2.11. The van der Waals surface area contributed by atoms with E-state index in [2.05, 4.69) is 39.3 Å². The zero-order chi connectivity index (χ0) is 18.1. The Kier molecular flexibility index (Phi) is 4.11. The Labute approximate surface area is 154 Å². The van der Waals surface area contributed by atoms with Crippen molar-refractivity contribution in [3.8, 4) is 16.6 Å². The van der Waals surface area contributed by atoms with Crippen molar-refractivity contribution in [3.05, 3.63) is 53.4 Å². The molecule has 0 aliphatic carbocycles. The molecule has 128 valence electrons. The Morgan fingerprint density at radius 1 is 1.19 bits per heavy atom. The molecule has 0 aliphatic heterocycles. The van der Waals surface area contributed by atoms with Crippen LogP contribution in [0, 0.1) is 11.3 Å². The summed E-state index contributed by atoms with van der Waals surface area (Å²) in [5.74, 6) is 0.758. The van der Waals surface area contributed by atoms with Crippen LogP contribution in [0.1, 0.15) is 17.4 Å². The number of nitrogens with one attached hydrogen (secondary N) is 1. The number of hydrogen-bond acceptors (Lipinski definition) is 6. The van der Waals surface area contributed by atoms with Crippen LogP contribution in [0.3, 0.4) is 0 Å². The molecule has 7 heteroatoms. The second-order valence-corrected chi connectivity index (χ2v) is 6.98. The van der Waals surface area contributed by atoms with Crippen LogP contribution in [0.15, 0.2) is 43.0 Å². The molecule has 6 nitrogen and oxygen atoms in total. The molecule has 0 spiro atoms. The van der Waals surface area contributed by atoms with Crippen LogP contribution in [0.2, 0.25) is 0 Å². The predicted octanol–water partition coefficient (Wildman–Crippen LogP) is 4.27. The molecule has 4 rings (SSSR count). The maximum Gasteiger partial charge on any atom is 0.132 e. The number of aromatic nitrogens is 4. The Balaban J connectivity index is 1.67. The molecule has 0 unspecified atom stereocenters. The number of thiophene rings is 1.